The summed E-state index contributed by atoms with van der Waals surface area (Å²) >= 11 is 0. The molecule has 0 spiro atoms. The first-order chi connectivity index (χ1) is 16.8. The Kier molecular flexibility index (Phi) is 7.70. The molecule has 1 saturated heterocycles. The van der Waals surface area contributed by atoms with Crippen LogP contribution in [0.25, 0.3) is 0 Å². The molecule has 0 unspecified atom stereocenters. The number of urea groups is 1. The lowest BCUT2D eigenvalue weighted by atomic mass is 10.1. The van der Waals surface area contributed by atoms with E-state index >= 15 is 0 Å². The van der Waals surface area contributed by atoms with Crippen LogP contribution < -0.4 is 15.5 Å². The molecule has 2 heterocycles. The van der Waals surface area contributed by atoms with Gasteiger partial charge in [0, 0.05) is 43.0 Å². The number of nitrogens with zero attached hydrogens (tertiary/aromatic N) is 4. The Morgan fingerprint density at radius 1 is 1.14 bits per heavy atom. The van der Waals surface area contributed by atoms with Gasteiger partial charge in [0.25, 0.3) is 11.6 Å². The van der Waals surface area contributed by atoms with Crippen LogP contribution in [0, 0.1) is 10.1 Å². The maximum atomic E-state index is 13.4. The van der Waals surface area contributed by atoms with Gasteiger partial charge < -0.3 is 20.4 Å². The number of piperazine rings is 1. The van der Waals surface area contributed by atoms with E-state index in [0.717, 1.165) is 12.1 Å². The van der Waals surface area contributed by atoms with Crippen molar-refractivity contribution in [1.29, 1.82) is 0 Å². The number of anilines is 2. The fraction of sp³-hybridized carbons (Fsp3) is 0.435. The molecule has 0 saturated carbocycles. The summed E-state index contributed by atoms with van der Waals surface area (Å²) in [5.41, 5.74) is -1.55. The summed E-state index contributed by atoms with van der Waals surface area (Å²) in [6, 6.07) is 4.75. The predicted molar refractivity (Wildman–Crippen MR) is 127 cm³/mol. The van der Waals surface area contributed by atoms with Crippen LogP contribution in [0.4, 0.5) is 35.0 Å². The van der Waals surface area contributed by atoms with E-state index in [2.05, 4.69) is 15.6 Å². The lowest BCUT2D eigenvalue weighted by molar-refractivity contribution is -0.388. The van der Waals surface area contributed by atoms with Gasteiger partial charge in [-0.05, 0) is 52.0 Å². The van der Waals surface area contributed by atoms with Gasteiger partial charge in [-0.2, -0.15) is 13.2 Å². The van der Waals surface area contributed by atoms with Crippen LogP contribution in [0.2, 0.25) is 0 Å². The summed E-state index contributed by atoms with van der Waals surface area (Å²) < 4.78 is 40.3. The number of benzene rings is 1. The Bertz CT molecular complexity index is 1140. The second kappa shape index (κ2) is 10.4. The van der Waals surface area contributed by atoms with Gasteiger partial charge >= 0.3 is 12.2 Å². The number of hydrogen-bond donors (Lipinski definition) is 2. The first-order valence-electron chi connectivity index (χ1n) is 11.2. The largest absolute Gasteiger partial charge is 0.423 e. The first kappa shape index (κ1) is 26.7. The summed E-state index contributed by atoms with van der Waals surface area (Å²) in [7, 11) is 0. The van der Waals surface area contributed by atoms with Gasteiger partial charge in [0.05, 0.1) is 16.8 Å². The number of rotatable bonds is 5. The summed E-state index contributed by atoms with van der Waals surface area (Å²) in [6.07, 6.45) is -3.51. The maximum absolute atomic E-state index is 13.4. The van der Waals surface area contributed by atoms with E-state index in [0.29, 0.717) is 5.69 Å². The minimum atomic E-state index is -4.88. The average molecular weight is 509 g/mol. The highest BCUT2D eigenvalue weighted by Gasteiger charge is 2.40. The third kappa shape index (κ3) is 6.01. The standard InChI is InChI=1S/C23H27F3N6O4/c1-13(2)28-21(33)19-7-5-16(10-27-19)29-22(34)31-12-14(3)30(11-15(31)4)17-6-8-20(32(35)36)18(9-17)23(24,25)26/h5-10,13-15H,11-12H2,1-4H3,(H,28,33)(H,29,34)/t14-,15+/m0/s1. The first-order valence-corrected chi connectivity index (χ1v) is 11.2. The van der Waals surface area contributed by atoms with Gasteiger partial charge in [-0.1, -0.05) is 0 Å². The van der Waals surface area contributed by atoms with Crippen LogP contribution in [0.5, 0.6) is 0 Å². The van der Waals surface area contributed by atoms with Crippen molar-refractivity contribution >= 4 is 29.0 Å². The number of halogens is 3. The Hall–Kier alpha value is -3.90. The molecule has 3 amide bonds. The number of aromatic nitrogens is 1. The molecule has 1 aromatic heterocycles. The summed E-state index contributed by atoms with van der Waals surface area (Å²) in [5.74, 6) is -0.332. The van der Waals surface area contributed by atoms with Crippen LogP contribution in [0.15, 0.2) is 36.5 Å². The highest BCUT2D eigenvalue weighted by Crippen LogP contribution is 2.39. The van der Waals surface area contributed by atoms with Gasteiger partial charge in [0.1, 0.15) is 11.3 Å². The highest BCUT2D eigenvalue weighted by molar-refractivity contribution is 5.93. The zero-order valence-electron chi connectivity index (χ0n) is 20.2. The second-order valence-corrected chi connectivity index (χ2v) is 8.95. The molecule has 2 aromatic rings. The summed E-state index contributed by atoms with van der Waals surface area (Å²) in [4.78, 5) is 42.2. The molecule has 0 radical (unpaired) electrons. The third-order valence-electron chi connectivity index (χ3n) is 5.73. The molecule has 2 N–H and O–H groups in total. The molecule has 3 rings (SSSR count). The fourth-order valence-corrected chi connectivity index (χ4v) is 3.99. The van der Waals surface area contributed by atoms with E-state index in [1.807, 2.05) is 13.8 Å². The Morgan fingerprint density at radius 3 is 2.39 bits per heavy atom. The number of nitro groups is 1. The number of carbonyl (C=O) groups is 2. The van der Waals surface area contributed by atoms with E-state index in [1.54, 1.807) is 29.7 Å². The Labute approximate surface area is 205 Å². The Balaban J connectivity index is 1.71. The molecule has 10 nitrogen and oxygen atoms in total. The molecule has 0 aliphatic carbocycles. The second-order valence-electron chi connectivity index (χ2n) is 8.95. The predicted octanol–water partition coefficient (Wildman–Crippen LogP) is 4.28. The number of alkyl halides is 3. The molecule has 1 fully saturated rings. The SMILES string of the molecule is CC(C)NC(=O)c1ccc(NC(=O)N2C[C@H](C)N(c3ccc([N+](=O)[O-])c(C(F)(F)F)c3)C[C@H]2C)cn1. The van der Waals surface area contributed by atoms with Crippen LogP contribution in [-0.2, 0) is 6.18 Å². The van der Waals surface area contributed by atoms with Crippen LogP contribution in [-0.4, -0.2) is 58.0 Å². The fourth-order valence-electron chi connectivity index (χ4n) is 3.99. The van der Waals surface area contributed by atoms with Gasteiger partial charge in [0.2, 0.25) is 0 Å². The molecule has 13 heteroatoms. The van der Waals surface area contributed by atoms with Crippen molar-refractivity contribution in [3.8, 4) is 0 Å². The van der Waals surface area contributed by atoms with E-state index in [4.69, 9.17) is 0 Å². The Morgan fingerprint density at radius 2 is 1.83 bits per heavy atom. The number of amides is 3. The topological polar surface area (TPSA) is 121 Å². The van der Waals surface area contributed by atoms with E-state index in [-0.39, 0.29) is 48.5 Å². The van der Waals surface area contributed by atoms with Gasteiger partial charge in [-0.3, -0.25) is 14.9 Å². The number of pyridine rings is 1. The van der Waals surface area contributed by atoms with E-state index in [9.17, 15) is 32.9 Å². The van der Waals surface area contributed by atoms with Gasteiger partial charge in [-0.15, -0.1) is 0 Å². The third-order valence-corrected chi connectivity index (χ3v) is 5.73. The number of nitro benzene ring substituents is 1. The minimum absolute atomic E-state index is 0.0492. The lowest BCUT2D eigenvalue weighted by Gasteiger charge is -2.45. The monoisotopic (exact) mass is 508 g/mol. The molecule has 2 atom stereocenters. The zero-order chi connectivity index (χ0) is 26.8. The zero-order valence-corrected chi connectivity index (χ0v) is 20.2. The average Bonchev–Trinajstić information content (AvgIpc) is 2.79. The van der Waals surface area contributed by atoms with Crippen molar-refractivity contribution in [1.82, 2.24) is 15.2 Å². The van der Waals surface area contributed by atoms with Gasteiger partial charge in [-0.25, -0.2) is 9.78 Å². The lowest BCUT2D eigenvalue weighted by Crippen LogP contribution is -2.59. The van der Waals surface area contributed by atoms with E-state index < -0.39 is 28.4 Å². The normalized spacial score (nSPS) is 18.2. The number of carbonyl (C=O) groups excluding carboxylic acids is 2. The molecular weight excluding hydrogens is 481 g/mol. The molecule has 194 valence electrons. The van der Waals surface area contributed by atoms with Crippen LogP contribution in [0.1, 0.15) is 43.7 Å². The van der Waals surface area contributed by atoms with Crippen molar-refractivity contribution < 1.29 is 27.7 Å². The molecule has 1 aromatic carbocycles. The van der Waals surface area contributed by atoms with E-state index in [1.165, 1.54) is 18.3 Å². The molecular formula is C23H27F3N6O4. The molecule has 36 heavy (non-hydrogen) atoms. The smallest absolute Gasteiger partial charge is 0.365 e. The van der Waals surface area contributed by atoms with Gasteiger partial charge in [0.15, 0.2) is 0 Å². The van der Waals surface area contributed by atoms with Crippen LogP contribution >= 0.6 is 0 Å². The maximum Gasteiger partial charge on any atom is 0.423 e. The summed E-state index contributed by atoms with van der Waals surface area (Å²) in [6.45, 7) is 7.58. The summed E-state index contributed by atoms with van der Waals surface area (Å²) in [5, 5.41) is 16.5. The highest BCUT2D eigenvalue weighted by atomic mass is 19.4. The van der Waals surface area contributed by atoms with Crippen molar-refractivity contribution in [3.63, 3.8) is 0 Å². The minimum Gasteiger partial charge on any atom is -0.365 e. The number of hydrogen-bond acceptors (Lipinski definition) is 6. The van der Waals surface area contributed by atoms with Crippen molar-refractivity contribution in [2.45, 2.75) is 52.0 Å². The molecule has 1 aliphatic heterocycles. The van der Waals surface area contributed by atoms with Crippen molar-refractivity contribution in [3.05, 3.63) is 57.9 Å². The van der Waals surface area contributed by atoms with Crippen LogP contribution in [0.3, 0.4) is 0 Å². The van der Waals surface area contributed by atoms with Crippen molar-refractivity contribution in [2.24, 2.45) is 0 Å². The molecule has 1 aliphatic rings. The quantitative estimate of drug-likeness (QED) is 0.460. The van der Waals surface area contributed by atoms with Crippen molar-refractivity contribution in [2.75, 3.05) is 23.3 Å². The number of nitrogens with one attached hydrogen (secondary N) is 2. The molecule has 0 bridgehead atoms.